The van der Waals surface area contributed by atoms with E-state index in [9.17, 15) is 18.4 Å². The van der Waals surface area contributed by atoms with Crippen molar-refractivity contribution in [3.05, 3.63) is 47.8 Å². The molecular formula is C23H25F2N3O4. The molecule has 2 fully saturated rings. The fourth-order valence-electron chi connectivity index (χ4n) is 4.92. The summed E-state index contributed by atoms with van der Waals surface area (Å²) in [5.74, 6) is -3.21. The van der Waals surface area contributed by atoms with E-state index in [0.717, 1.165) is 31.7 Å². The molecule has 1 saturated carbocycles. The summed E-state index contributed by atoms with van der Waals surface area (Å²) in [6, 6.07) is 4.90. The number of halogens is 2. The Morgan fingerprint density at radius 3 is 2.62 bits per heavy atom. The molecule has 1 aromatic heterocycles. The van der Waals surface area contributed by atoms with Gasteiger partial charge in [0.15, 0.2) is 11.6 Å². The van der Waals surface area contributed by atoms with Crippen molar-refractivity contribution in [3.63, 3.8) is 0 Å². The van der Waals surface area contributed by atoms with Crippen LogP contribution in [0.15, 0.2) is 30.5 Å². The maximum atomic E-state index is 14.4. The van der Waals surface area contributed by atoms with E-state index in [0.29, 0.717) is 24.3 Å². The van der Waals surface area contributed by atoms with E-state index >= 15 is 0 Å². The van der Waals surface area contributed by atoms with Crippen molar-refractivity contribution >= 4 is 23.3 Å². The summed E-state index contributed by atoms with van der Waals surface area (Å²) in [6.45, 7) is 0.552. The lowest BCUT2D eigenvalue weighted by Gasteiger charge is -2.28. The zero-order valence-corrected chi connectivity index (χ0v) is 18.0. The van der Waals surface area contributed by atoms with Crippen LogP contribution in [0.3, 0.4) is 0 Å². The number of hydrogen-bond donors (Lipinski definition) is 1. The number of hydrogen-bond acceptors (Lipinski definition) is 6. The Morgan fingerprint density at radius 2 is 1.94 bits per heavy atom. The van der Waals surface area contributed by atoms with Crippen molar-refractivity contribution in [2.75, 3.05) is 31.0 Å². The largest absolute Gasteiger partial charge is 0.491 e. The Bertz CT molecular complexity index is 1040. The SMILES string of the molecule is COC(=O)c1cc(NC(=O)C2CC3(CCCC3)CN2c2ccc(F)c(F)c2OC)ccn1. The van der Waals surface area contributed by atoms with E-state index in [2.05, 4.69) is 15.0 Å². The third-order valence-electron chi connectivity index (χ3n) is 6.44. The number of anilines is 2. The molecule has 1 aliphatic carbocycles. The predicted molar refractivity (Wildman–Crippen MR) is 114 cm³/mol. The van der Waals surface area contributed by atoms with Gasteiger partial charge in [-0.2, -0.15) is 4.39 Å². The molecule has 32 heavy (non-hydrogen) atoms. The fraction of sp³-hybridized carbons (Fsp3) is 0.435. The van der Waals surface area contributed by atoms with Gasteiger partial charge in [0.25, 0.3) is 0 Å². The first kappa shape index (κ1) is 22.0. The van der Waals surface area contributed by atoms with Crippen LogP contribution in [0, 0.1) is 17.0 Å². The molecule has 1 aliphatic heterocycles. The first-order valence-electron chi connectivity index (χ1n) is 10.5. The average Bonchev–Trinajstić information content (AvgIpc) is 3.42. The standard InChI is InChI=1S/C23H25F2N3O4/c1-31-20-17(6-5-15(24)19(20)25)28-13-23(8-3-4-9-23)12-18(28)21(29)27-14-7-10-26-16(11-14)22(30)32-2/h5-7,10-11,18H,3-4,8-9,12-13H2,1-2H3,(H,26,27,29). The highest BCUT2D eigenvalue weighted by atomic mass is 19.2. The Labute approximate surface area is 184 Å². The number of nitrogens with zero attached hydrogens (tertiary/aromatic N) is 2. The number of carbonyl (C=O) groups excluding carboxylic acids is 2. The highest BCUT2D eigenvalue weighted by molar-refractivity contribution is 5.98. The van der Waals surface area contributed by atoms with Crippen LogP contribution in [0.5, 0.6) is 5.75 Å². The number of methoxy groups -OCH3 is 2. The molecule has 1 aromatic carbocycles. The zero-order chi connectivity index (χ0) is 22.9. The Hall–Kier alpha value is -3.23. The summed E-state index contributed by atoms with van der Waals surface area (Å²) in [5, 5.41) is 2.84. The molecule has 1 N–H and O–H groups in total. The minimum atomic E-state index is -1.08. The van der Waals surface area contributed by atoms with Gasteiger partial charge < -0.3 is 19.7 Å². The molecule has 1 atom stereocenters. The molecule has 0 bridgehead atoms. The van der Waals surface area contributed by atoms with E-state index in [1.807, 2.05) is 4.90 Å². The molecule has 0 radical (unpaired) electrons. The van der Waals surface area contributed by atoms with Crippen LogP contribution in [-0.2, 0) is 9.53 Å². The molecule has 1 amide bonds. The Balaban J connectivity index is 1.66. The van der Waals surface area contributed by atoms with E-state index in [1.165, 1.54) is 32.5 Å². The summed E-state index contributed by atoms with van der Waals surface area (Å²) in [4.78, 5) is 30.9. The Morgan fingerprint density at radius 1 is 1.19 bits per heavy atom. The summed E-state index contributed by atoms with van der Waals surface area (Å²) in [6.07, 6.45) is 6.09. The first-order chi connectivity index (χ1) is 15.4. The molecule has 2 heterocycles. The van der Waals surface area contributed by atoms with Crippen LogP contribution < -0.4 is 15.0 Å². The van der Waals surface area contributed by atoms with E-state index in [1.54, 1.807) is 6.07 Å². The van der Waals surface area contributed by atoms with Crippen LogP contribution in [-0.4, -0.2) is 43.7 Å². The average molecular weight is 445 g/mol. The molecule has 1 unspecified atom stereocenters. The second-order valence-electron chi connectivity index (χ2n) is 8.38. The molecule has 4 rings (SSSR count). The number of carbonyl (C=O) groups is 2. The molecule has 2 aromatic rings. The third kappa shape index (κ3) is 3.99. The number of pyridine rings is 1. The molecule has 9 heteroatoms. The fourth-order valence-corrected chi connectivity index (χ4v) is 4.92. The van der Waals surface area contributed by atoms with Gasteiger partial charge in [-0.3, -0.25) is 4.79 Å². The molecule has 1 saturated heterocycles. The van der Waals surface area contributed by atoms with Crippen molar-refractivity contribution in [2.24, 2.45) is 5.41 Å². The molecule has 170 valence electrons. The monoisotopic (exact) mass is 445 g/mol. The van der Waals surface area contributed by atoms with Gasteiger partial charge in [0, 0.05) is 18.4 Å². The molecule has 7 nitrogen and oxygen atoms in total. The van der Waals surface area contributed by atoms with Crippen molar-refractivity contribution in [1.29, 1.82) is 0 Å². The summed E-state index contributed by atoms with van der Waals surface area (Å²) in [7, 11) is 2.53. The van der Waals surface area contributed by atoms with Crippen LogP contribution >= 0.6 is 0 Å². The number of nitrogens with one attached hydrogen (secondary N) is 1. The lowest BCUT2D eigenvalue weighted by Crippen LogP contribution is -2.40. The molecule has 1 spiro atoms. The number of amides is 1. The second-order valence-corrected chi connectivity index (χ2v) is 8.38. The molecular weight excluding hydrogens is 420 g/mol. The predicted octanol–water partition coefficient (Wildman–Crippen LogP) is 3.93. The maximum absolute atomic E-state index is 14.4. The van der Waals surface area contributed by atoms with Gasteiger partial charge in [-0.1, -0.05) is 12.8 Å². The lowest BCUT2D eigenvalue weighted by atomic mass is 9.84. The van der Waals surface area contributed by atoms with Gasteiger partial charge in [0.1, 0.15) is 11.7 Å². The van der Waals surface area contributed by atoms with Crippen LogP contribution in [0.4, 0.5) is 20.2 Å². The van der Waals surface area contributed by atoms with Gasteiger partial charge >= 0.3 is 5.97 Å². The summed E-state index contributed by atoms with van der Waals surface area (Å²) < 4.78 is 38.1. The molecule has 2 aliphatic rings. The second kappa shape index (κ2) is 8.72. The van der Waals surface area contributed by atoms with E-state index in [4.69, 9.17) is 4.74 Å². The zero-order valence-electron chi connectivity index (χ0n) is 18.0. The van der Waals surface area contributed by atoms with Gasteiger partial charge in [-0.25, -0.2) is 14.2 Å². The maximum Gasteiger partial charge on any atom is 0.356 e. The normalized spacial score (nSPS) is 19.2. The quantitative estimate of drug-likeness (QED) is 0.703. The van der Waals surface area contributed by atoms with Crippen molar-refractivity contribution in [3.8, 4) is 5.75 Å². The number of rotatable bonds is 5. The van der Waals surface area contributed by atoms with Crippen molar-refractivity contribution < 1.29 is 27.8 Å². The van der Waals surface area contributed by atoms with Crippen molar-refractivity contribution in [1.82, 2.24) is 4.98 Å². The number of benzene rings is 1. The summed E-state index contributed by atoms with van der Waals surface area (Å²) in [5.41, 5.74) is 0.756. The van der Waals surface area contributed by atoms with Crippen molar-refractivity contribution in [2.45, 2.75) is 38.1 Å². The van der Waals surface area contributed by atoms with E-state index < -0.39 is 23.6 Å². The van der Waals surface area contributed by atoms with E-state index in [-0.39, 0.29) is 22.8 Å². The topological polar surface area (TPSA) is 80.8 Å². The van der Waals surface area contributed by atoms with Gasteiger partial charge in [0.05, 0.1) is 19.9 Å². The highest BCUT2D eigenvalue weighted by Gasteiger charge is 2.49. The van der Waals surface area contributed by atoms with Gasteiger partial charge in [-0.15, -0.1) is 0 Å². The minimum absolute atomic E-state index is 0.0622. The van der Waals surface area contributed by atoms with Gasteiger partial charge in [0.2, 0.25) is 11.7 Å². The summed E-state index contributed by atoms with van der Waals surface area (Å²) >= 11 is 0. The smallest absolute Gasteiger partial charge is 0.356 e. The lowest BCUT2D eigenvalue weighted by molar-refractivity contribution is -0.117. The van der Waals surface area contributed by atoms with Crippen LogP contribution in [0.2, 0.25) is 0 Å². The van der Waals surface area contributed by atoms with Gasteiger partial charge in [-0.05, 0) is 48.9 Å². The Kier molecular flexibility index (Phi) is 5.99. The van der Waals surface area contributed by atoms with Crippen LogP contribution in [0.1, 0.15) is 42.6 Å². The number of ether oxygens (including phenoxy) is 2. The minimum Gasteiger partial charge on any atom is -0.491 e. The highest BCUT2D eigenvalue weighted by Crippen LogP contribution is 2.50. The number of esters is 1. The third-order valence-corrected chi connectivity index (χ3v) is 6.44. The van der Waals surface area contributed by atoms with Crippen LogP contribution in [0.25, 0.3) is 0 Å². The first-order valence-corrected chi connectivity index (χ1v) is 10.5. The number of aromatic nitrogens is 1.